The fourth-order valence-electron chi connectivity index (χ4n) is 1.58. The minimum Gasteiger partial charge on any atom is -0.481 e. The molecule has 122 valence electrons. The highest BCUT2D eigenvalue weighted by molar-refractivity contribution is 7.46. The van der Waals surface area contributed by atoms with E-state index in [0.717, 1.165) is 12.8 Å². The first-order chi connectivity index (χ1) is 9.33. The van der Waals surface area contributed by atoms with Gasteiger partial charge in [0.1, 0.15) is 0 Å². The fourth-order valence-corrected chi connectivity index (χ4v) is 1.91. The molecule has 0 rings (SSSR count). The Morgan fingerprint density at radius 3 is 1.70 bits per heavy atom. The molecule has 0 saturated heterocycles. The summed E-state index contributed by atoms with van der Waals surface area (Å²) in [7, 11) is -4.17. The number of carboxylic acid groups (broad SMARTS) is 1. The van der Waals surface area contributed by atoms with Crippen molar-refractivity contribution in [1.29, 1.82) is 0 Å². The van der Waals surface area contributed by atoms with E-state index in [9.17, 15) is 9.36 Å². The van der Waals surface area contributed by atoms with Gasteiger partial charge in [0.2, 0.25) is 0 Å². The van der Waals surface area contributed by atoms with Crippen LogP contribution in [0.5, 0.6) is 0 Å². The minimum absolute atomic E-state index is 0.0459. The minimum atomic E-state index is -4.17. The van der Waals surface area contributed by atoms with E-state index in [1.807, 2.05) is 0 Å². The molecule has 0 aliphatic heterocycles. The number of phosphoric acid groups is 1. The van der Waals surface area contributed by atoms with Gasteiger partial charge in [0.25, 0.3) is 0 Å². The van der Waals surface area contributed by atoms with Crippen molar-refractivity contribution >= 4 is 13.8 Å². The van der Waals surface area contributed by atoms with Crippen molar-refractivity contribution in [2.75, 3.05) is 6.61 Å². The highest BCUT2D eigenvalue weighted by Crippen LogP contribution is 2.34. The Balaban J connectivity index is 0. The summed E-state index contributed by atoms with van der Waals surface area (Å²) in [6.07, 6.45) is 10.1. The molecule has 0 aromatic carbocycles. The lowest BCUT2D eigenvalue weighted by Gasteiger charge is -1.99. The Kier molecular flexibility index (Phi) is 16.4. The smallest absolute Gasteiger partial charge is 0.469 e. The topological polar surface area (TPSA) is 104 Å². The van der Waals surface area contributed by atoms with E-state index >= 15 is 0 Å². The molecule has 20 heavy (non-hydrogen) atoms. The lowest BCUT2D eigenvalue weighted by molar-refractivity contribution is -0.137. The van der Waals surface area contributed by atoms with Gasteiger partial charge in [-0.05, 0) is 13.3 Å². The first kappa shape index (κ1) is 21.9. The number of hydrogen-bond donors (Lipinski definition) is 3. The lowest BCUT2D eigenvalue weighted by atomic mass is 10.1. The average Bonchev–Trinajstić information content (AvgIpc) is 2.31. The summed E-state index contributed by atoms with van der Waals surface area (Å²) in [4.78, 5) is 26.0. The van der Waals surface area contributed by atoms with E-state index in [0.29, 0.717) is 6.42 Å². The Hall–Kier alpha value is -0.420. The van der Waals surface area contributed by atoms with Gasteiger partial charge in [-0.1, -0.05) is 51.9 Å². The molecule has 7 heteroatoms. The third kappa shape index (κ3) is 26.2. The zero-order valence-electron chi connectivity index (χ0n) is 12.6. The van der Waals surface area contributed by atoms with Gasteiger partial charge in [-0.2, -0.15) is 0 Å². The van der Waals surface area contributed by atoms with Crippen molar-refractivity contribution in [1.82, 2.24) is 0 Å². The molecule has 0 bridgehead atoms. The Labute approximate surface area is 121 Å². The maximum atomic E-state index is 10.2. The van der Waals surface area contributed by atoms with Crippen LogP contribution in [-0.2, 0) is 13.9 Å². The summed E-state index contributed by atoms with van der Waals surface area (Å²) in [6.45, 7) is 3.77. The van der Waals surface area contributed by atoms with Crippen molar-refractivity contribution in [2.45, 2.75) is 71.6 Å². The zero-order valence-corrected chi connectivity index (χ0v) is 13.5. The van der Waals surface area contributed by atoms with E-state index in [1.54, 1.807) is 0 Å². The van der Waals surface area contributed by atoms with Gasteiger partial charge in [0.05, 0.1) is 6.61 Å². The Morgan fingerprint density at radius 1 is 0.950 bits per heavy atom. The number of carboxylic acids is 1. The van der Waals surface area contributed by atoms with Crippen LogP contribution in [0.1, 0.15) is 71.6 Å². The molecular formula is C13H29O6P. The van der Waals surface area contributed by atoms with Gasteiger partial charge in [-0.25, -0.2) is 4.57 Å². The van der Waals surface area contributed by atoms with E-state index in [-0.39, 0.29) is 6.61 Å². The van der Waals surface area contributed by atoms with E-state index < -0.39 is 13.8 Å². The molecule has 0 spiro atoms. The standard InChI is InChI=1S/C11H22O2.C2H7O4P/c1-2-3-4-5-6-7-8-9-10-11(12)13;1-2-6-7(3,4)5/h2-10H2,1H3,(H,12,13);2H2,1H3,(H2,3,4,5). The first-order valence-electron chi connectivity index (χ1n) is 7.25. The van der Waals surface area contributed by atoms with Crippen molar-refractivity contribution in [3.63, 3.8) is 0 Å². The van der Waals surface area contributed by atoms with Gasteiger partial charge in [-0.3, -0.25) is 9.32 Å². The first-order valence-corrected chi connectivity index (χ1v) is 8.78. The molecular weight excluding hydrogens is 283 g/mol. The molecule has 0 aliphatic rings. The van der Waals surface area contributed by atoms with E-state index in [2.05, 4.69) is 11.4 Å². The molecule has 0 aromatic heterocycles. The van der Waals surface area contributed by atoms with Crippen LogP contribution in [-0.4, -0.2) is 27.5 Å². The second kappa shape index (κ2) is 15.0. The summed E-state index contributed by atoms with van der Waals surface area (Å²) in [5.74, 6) is -0.661. The third-order valence-electron chi connectivity index (χ3n) is 2.54. The molecule has 0 fully saturated rings. The quantitative estimate of drug-likeness (QED) is 0.397. The van der Waals surface area contributed by atoms with Crippen molar-refractivity contribution in [2.24, 2.45) is 0 Å². The summed E-state index contributed by atoms with van der Waals surface area (Å²) in [5, 5.41) is 8.39. The van der Waals surface area contributed by atoms with Crippen LogP contribution in [0.2, 0.25) is 0 Å². The van der Waals surface area contributed by atoms with E-state index in [4.69, 9.17) is 14.9 Å². The number of phosphoric ester groups is 1. The largest absolute Gasteiger partial charge is 0.481 e. The number of unbranched alkanes of at least 4 members (excludes halogenated alkanes) is 7. The number of rotatable bonds is 11. The molecule has 0 saturated carbocycles. The van der Waals surface area contributed by atoms with Crippen LogP contribution in [0.3, 0.4) is 0 Å². The molecule has 0 heterocycles. The maximum Gasteiger partial charge on any atom is 0.469 e. The van der Waals surface area contributed by atoms with Crippen molar-refractivity contribution < 1.29 is 28.8 Å². The van der Waals surface area contributed by atoms with Crippen LogP contribution < -0.4 is 0 Å². The summed E-state index contributed by atoms with van der Waals surface area (Å²) >= 11 is 0. The van der Waals surface area contributed by atoms with Crippen LogP contribution in [0.4, 0.5) is 0 Å². The molecule has 0 amide bonds. The van der Waals surface area contributed by atoms with Crippen LogP contribution in [0.25, 0.3) is 0 Å². The monoisotopic (exact) mass is 312 g/mol. The van der Waals surface area contributed by atoms with Crippen LogP contribution in [0.15, 0.2) is 0 Å². The van der Waals surface area contributed by atoms with Crippen LogP contribution >= 0.6 is 7.82 Å². The predicted octanol–water partition coefficient (Wildman–Crippen LogP) is 3.72. The van der Waals surface area contributed by atoms with Gasteiger partial charge in [-0.15, -0.1) is 0 Å². The van der Waals surface area contributed by atoms with Crippen molar-refractivity contribution in [3.8, 4) is 0 Å². The summed E-state index contributed by atoms with van der Waals surface area (Å²) in [5.41, 5.74) is 0. The molecule has 3 N–H and O–H groups in total. The van der Waals surface area contributed by atoms with Crippen molar-refractivity contribution in [3.05, 3.63) is 0 Å². The highest BCUT2D eigenvalue weighted by atomic mass is 31.2. The second-order valence-electron chi connectivity index (χ2n) is 4.53. The van der Waals surface area contributed by atoms with Gasteiger partial charge in [0.15, 0.2) is 0 Å². The summed E-state index contributed by atoms with van der Waals surface area (Å²) in [6, 6.07) is 0. The summed E-state index contributed by atoms with van der Waals surface area (Å²) < 4.78 is 13.6. The number of carbonyl (C=O) groups is 1. The molecule has 0 aromatic rings. The SMILES string of the molecule is CCCCCCCCCCC(=O)O.CCOP(=O)(O)O. The van der Waals surface area contributed by atoms with Gasteiger partial charge >= 0.3 is 13.8 Å². The molecule has 0 aliphatic carbocycles. The molecule has 0 atom stereocenters. The van der Waals surface area contributed by atoms with Gasteiger partial charge in [0, 0.05) is 6.42 Å². The Bertz CT molecular complexity index is 264. The fraction of sp³-hybridized carbons (Fsp3) is 0.923. The van der Waals surface area contributed by atoms with E-state index in [1.165, 1.54) is 45.4 Å². The molecule has 6 nitrogen and oxygen atoms in total. The zero-order chi connectivity index (χ0) is 15.9. The number of aliphatic carboxylic acids is 1. The third-order valence-corrected chi connectivity index (χ3v) is 3.14. The Morgan fingerprint density at radius 2 is 1.40 bits per heavy atom. The molecule has 0 unspecified atom stereocenters. The second-order valence-corrected chi connectivity index (χ2v) is 5.77. The maximum absolute atomic E-state index is 10.2. The highest BCUT2D eigenvalue weighted by Gasteiger charge is 2.10. The lowest BCUT2D eigenvalue weighted by Crippen LogP contribution is -1.93. The van der Waals surface area contributed by atoms with Crippen LogP contribution in [0, 0.1) is 0 Å². The number of hydrogen-bond acceptors (Lipinski definition) is 3. The predicted molar refractivity (Wildman–Crippen MR) is 78.5 cm³/mol. The normalized spacial score (nSPS) is 10.8. The average molecular weight is 312 g/mol. The molecule has 0 radical (unpaired) electrons. The van der Waals surface area contributed by atoms with Gasteiger partial charge < -0.3 is 14.9 Å².